The molecule has 6 aromatic rings. The van der Waals surface area contributed by atoms with Crippen LogP contribution < -0.4 is 30.2 Å². The largest absolute Gasteiger partial charge is 0.457 e. The summed E-state index contributed by atoms with van der Waals surface area (Å²) in [4.78, 5) is 47.3. The molecule has 0 radical (unpaired) electrons. The van der Waals surface area contributed by atoms with Crippen LogP contribution in [0.15, 0.2) is 146 Å². The van der Waals surface area contributed by atoms with E-state index in [2.05, 4.69) is 30.7 Å². The second-order valence-electron chi connectivity index (χ2n) is 22.1. The molecule has 0 aromatic heterocycles. The smallest absolute Gasteiger partial charge is 0.232 e. The molecule has 0 aliphatic carbocycles. The number of carbonyl (C=O) groups is 3. The number of fused-ring (bicyclic) bond motifs is 15. The Bertz CT molecular complexity index is 2620. The average Bonchev–Trinajstić information content (AvgIpc) is 3.46. The van der Waals surface area contributed by atoms with Gasteiger partial charge in [-0.2, -0.15) is 0 Å². The lowest BCUT2D eigenvalue weighted by atomic mass is 9.82. The molecule has 1 unspecified atom stereocenters. The highest BCUT2D eigenvalue weighted by Crippen LogP contribution is 2.47. The number of nitrogens with zero attached hydrogens (tertiary/aromatic N) is 3. The minimum absolute atomic E-state index is 0.0990. The highest BCUT2D eigenvalue weighted by atomic mass is 16.5. The molecule has 12 heterocycles. The van der Waals surface area contributed by atoms with Crippen molar-refractivity contribution in [2.24, 2.45) is 17.8 Å². The van der Waals surface area contributed by atoms with E-state index in [-0.39, 0.29) is 53.6 Å². The second-order valence-corrected chi connectivity index (χ2v) is 22.1. The van der Waals surface area contributed by atoms with E-state index in [1.54, 1.807) is 0 Å². The molecule has 384 valence electrons. The quantitative estimate of drug-likeness (QED) is 0.150. The summed E-state index contributed by atoms with van der Waals surface area (Å²) in [7, 11) is 0. The molecule has 0 saturated carbocycles. The molecular weight excluding hydrogens is 937 g/mol. The van der Waals surface area contributed by atoms with Gasteiger partial charge in [0.2, 0.25) is 17.7 Å². The third kappa shape index (κ3) is 9.46. The van der Waals surface area contributed by atoms with E-state index in [0.717, 1.165) is 87.5 Å². The summed E-state index contributed by atoms with van der Waals surface area (Å²) in [6.45, 7) is 10.1. The Labute approximate surface area is 439 Å². The van der Waals surface area contributed by atoms with Crippen LogP contribution in [0.5, 0.6) is 34.5 Å². The summed E-state index contributed by atoms with van der Waals surface area (Å²) in [5.41, 5.74) is 5.75. The molecule has 3 atom stereocenters. The molecule has 9 fully saturated rings. The van der Waals surface area contributed by atoms with Gasteiger partial charge in [-0.25, -0.2) is 0 Å². The first-order valence-electron chi connectivity index (χ1n) is 27.5. The van der Waals surface area contributed by atoms with Crippen LogP contribution in [0, 0.1) is 17.8 Å². The van der Waals surface area contributed by atoms with Crippen LogP contribution in [0.25, 0.3) is 0 Å². The maximum Gasteiger partial charge on any atom is 0.232 e. The Kier molecular flexibility index (Phi) is 13.1. The molecule has 75 heavy (non-hydrogen) atoms. The number of hydrogen-bond donors (Lipinski definition) is 3. The van der Waals surface area contributed by atoms with Gasteiger partial charge in [0.05, 0.1) is 17.8 Å². The normalized spacial score (nSPS) is 27.1. The molecule has 0 spiro atoms. The minimum atomic E-state index is -0.295. The molecule has 12 aliphatic rings. The van der Waals surface area contributed by atoms with Gasteiger partial charge in [-0.05, 0) is 132 Å². The number of piperidine rings is 9. The van der Waals surface area contributed by atoms with Crippen LogP contribution in [0.3, 0.4) is 0 Å². The third-order valence-corrected chi connectivity index (χ3v) is 17.8. The highest BCUT2D eigenvalue weighted by Gasteiger charge is 2.42. The van der Waals surface area contributed by atoms with E-state index in [4.69, 9.17) is 14.2 Å². The number of benzene rings is 6. The Balaban J connectivity index is 0.000000108. The van der Waals surface area contributed by atoms with Crippen LogP contribution in [0.2, 0.25) is 0 Å². The highest BCUT2D eigenvalue weighted by molar-refractivity contribution is 5.91. The maximum atomic E-state index is 13.3. The fourth-order valence-corrected chi connectivity index (χ4v) is 13.8. The summed E-state index contributed by atoms with van der Waals surface area (Å²) < 4.78 is 18.0. The van der Waals surface area contributed by atoms with Crippen molar-refractivity contribution in [3.63, 3.8) is 0 Å². The Hall–Kier alpha value is -6.99. The van der Waals surface area contributed by atoms with E-state index in [0.29, 0.717) is 17.8 Å². The summed E-state index contributed by atoms with van der Waals surface area (Å²) in [6, 6.07) is 48.1. The molecular formula is C63H66N6O6. The van der Waals surface area contributed by atoms with Gasteiger partial charge in [0, 0.05) is 71.1 Å². The predicted molar refractivity (Wildman–Crippen MR) is 288 cm³/mol. The van der Waals surface area contributed by atoms with Crippen molar-refractivity contribution in [1.29, 1.82) is 0 Å². The third-order valence-electron chi connectivity index (χ3n) is 17.8. The van der Waals surface area contributed by atoms with E-state index >= 15 is 0 Å². The summed E-state index contributed by atoms with van der Waals surface area (Å²) in [6.07, 6.45) is 7.20. The molecule has 3 amide bonds. The summed E-state index contributed by atoms with van der Waals surface area (Å²) in [5, 5.41) is 10.1. The van der Waals surface area contributed by atoms with Gasteiger partial charge in [0.15, 0.2) is 0 Å². The first-order valence-corrected chi connectivity index (χ1v) is 27.5. The fourth-order valence-electron chi connectivity index (χ4n) is 13.8. The molecule has 12 nitrogen and oxygen atoms in total. The van der Waals surface area contributed by atoms with Gasteiger partial charge in [-0.1, -0.05) is 109 Å². The molecule has 3 N–H and O–H groups in total. The number of rotatable bonds is 6. The van der Waals surface area contributed by atoms with E-state index in [1.807, 2.05) is 146 Å². The maximum absolute atomic E-state index is 13.3. The summed E-state index contributed by atoms with van der Waals surface area (Å²) >= 11 is 0. The fraction of sp³-hybridized carbons (Fsp3) is 0.381. The number of amides is 3. The second kappa shape index (κ2) is 20.6. The zero-order valence-electron chi connectivity index (χ0n) is 42.5. The number of nitrogens with one attached hydrogen (secondary N) is 3. The van der Waals surface area contributed by atoms with Crippen molar-refractivity contribution in [3.8, 4) is 34.5 Å². The number of hydrogen-bond acceptors (Lipinski definition) is 9. The zero-order valence-corrected chi connectivity index (χ0v) is 42.5. The van der Waals surface area contributed by atoms with Crippen molar-refractivity contribution in [1.82, 2.24) is 30.7 Å². The Morgan fingerprint density at radius 3 is 0.707 bits per heavy atom. The lowest BCUT2D eigenvalue weighted by Gasteiger charge is -2.45. The van der Waals surface area contributed by atoms with Gasteiger partial charge in [-0.15, -0.1) is 0 Å². The van der Waals surface area contributed by atoms with E-state index in [1.165, 1.54) is 77.8 Å². The molecule has 6 bridgehead atoms. The van der Waals surface area contributed by atoms with Crippen LogP contribution in [0.1, 0.15) is 89.7 Å². The Morgan fingerprint density at radius 1 is 0.320 bits per heavy atom. The molecule has 12 aliphatic heterocycles. The van der Waals surface area contributed by atoms with Crippen LogP contribution in [-0.2, 0) is 14.4 Å². The van der Waals surface area contributed by atoms with Crippen LogP contribution in [-0.4, -0.2) is 109 Å². The van der Waals surface area contributed by atoms with Gasteiger partial charge in [0.1, 0.15) is 34.5 Å². The van der Waals surface area contributed by atoms with E-state index in [9.17, 15) is 14.4 Å². The monoisotopic (exact) mass is 1000 g/mol. The minimum Gasteiger partial charge on any atom is -0.457 e. The van der Waals surface area contributed by atoms with Gasteiger partial charge in [-0.3, -0.25) is 14.4 Å². The van der Waals surface area contributed by atoms with Crippen LogP contribution in [0.4, 0.5) is 0 Å². The van der Waals surface area contributed by atoms with Gasteiger partial charge >= 0.3 is 0 Å². The Morgan fingerprint density at radius 2 is 0.520 bits per heavy atom. The first kappa shape index (κ1) is 47.7. The standard InChI is InChI=1S/3C21H22N2O2/c3*24-21(22-17-13-23-11-9-14(17)10-12-23)20-15-5-1-3-7-18(15)25-19-8-4-2-6-16(19)20/h3*1-8,14,17,20H,9-13H2,(H,22,24)/t2*17-;/m10./s1. The average molecular weight is 1000 g/mol. The van der Waals surface area contributed by atoms with Gasteiger partial charge in [0.25, 0.3) is 0 Å². The molecule has 18 rings (SSSR count). The lowest BCUT2D eigenvalue weighted by molar-refractivity contribution is -0.124. The lowest BCUT2D eigenvalue weighted by Crippen LogP contribution is -2.57. The number of carbonyl (C=O) groups excluding carboxylic acids is 3. The van der Waals surface area contributed by atoms with Crippen molar-refractivity contribution in [2.45, 2.75) is 74.4 Å². The molecule has 12 heteroatoms. The van der Waals surface area contributed by atoms with Crippen molar-refractivity contribution < 1.29 is 28.6 Å². The number of para-hydroxylation sites is 6. The molecule has 9 saturated heterocycles. The SMILES string of the molecule is O=C(NC1CN2CCC1CC2)C1c2ccccc2Oc2ccccc21.O=C(N[C@@H]1CN2CCC1CC2)C1c2ccccc2Oc2ccccc21.O=C(N[C@H]1CN2CCC1CC2)C1c2ccccc2Oc2ccccc21. The number of ether oxygens (including phenoxy) is 3. The molecule has 6 aromatic carbocycles. The topological polar surface area (TPSA) is 125 Å². The first-order chi connectivity index (χ1) is 36.9. The zero-order chi connectivity index (χ0) is 50.4. The van der Waals surface area contributed by atoms with Crippen LogP contribution >= 0.6 is 0 Å². The van der Waals surface area contributed by atoms with Crippen molar-refractivity contribution in [3.05, 3.63) is 179 Å². The van der Waals surface area contributed by atoms with Gasteiger partial charge < -0.3 is 44.9 Å². The predicted octanol–water partition coefficient (Wildman–Crippen LogP) is 9.40. The van der Waals surface area contributed by atoms with E-state index < -0.39 is 0 Å². The van der Waals surface area contributed by atoms with Crippen molar-refractivity contribution >= 4 is 17.7 Å². The summed E-state index contributed by atoms with van der Waals surface area (Å²) in [5.74, 6) is 6.01. The van der Waals surface area contributed by atoms with Crippen molar-refractivity contribution in [2.75, 3.05) is 58.9 Å².